The van der Waals surface area contributed by atoms with Crippen LogP contribution in [0.25, 0.3) is 16.9 Å². The number of carboxylic acid groups (broad SMARTS) is 1. The van der Waals surface area contributed by atoms with Crippen molar-refractivity contribution in [2.24, 2.45) is 0 Å². The molecule has 7 nitrogen and oxygen atoms in total. The van der Waals surface area contributed by atoms with Crippen LogP contribution in [0.15, 0.2) is 36.5 Å². The number of aliphatic carboxylic acids is 1. The Kier molecular flexibility index (Phi) is 5.42. The van der Waals surface area contributed by atoms with Crippen LogP contribution in [0.5, 0.6) is 0 Å². The van der Waals surface area contributed by atoms with E-state index in [2.05, 4.69) is 10.1 Å². The number of hydrogen-bond acceptors (Lipinski definition) is 4. The molecule has 3 aromatic rings. The number of hydrogen-bond donors (Lipinski definition) is 1. The minimum absolute atomic E-state index is 0.0426. The van der Waals surface area contributed by atoms with Crippen molar-refractivity contribution in [3.05, 3.63) is 53.3 Å². The lowest BCUT2D eigenvalue weighted by atomic mass is 9.86. The summed E-state index contributed by atoms with van der Waals surface area (Å²) in [6, 6.07) is 6.92. The fourth-order valence-electron chi connectivity index (χ4n) is 4.03. The molecule has 3 heterocycles. The minimum Gasteiger partial charge on any atom is -0.480 e. The Labute approximate surface area is 187 Å². The Bertz CT molecular complexity index is 1230. The van der Waals surface area contributed by atoms with Gasteiger partial charge in [-0.25, -0.2) is 14.3 Å². The first kappa shape index (κ1) is 22.8. The molecular formula is C23H23F3N4O3. The number of halogens is 3. The summed E-state index contributed by atoms with van der Waals surface area (Å²) in [7, 11) is 0. The molecule has 1 amide bonds. The van der Waals surface area contributed by atoms with Gasteiger partial charge in [-0.1, -0.05) is 45.0 Å². The van der Waals surface area contributed by atoms with E-state index < -0.39 is 29.8 Å². The molecular weight excluding hydrogens is 437 g/mol. The Morgan fingerprint density at radius 2 is 1.79 bits per heavy atom. The number of carbonyl (C=O) groups is 2. The first-order chi connectivity index (χ1) is 15.4. The van der Waals surface area contributed by atoms with E-state index >= 15 is 0 Å². The van der Waals surface area contributed by atoms with Crippen molar-refractivity contribution < 1.29 is 27.9 Å². The van der Waals surface area contributed by atoms with Crippen molar-refractivity contribution in [1.82, 2.24) is 19.5 Å². The SMILES string of the molecule is CC(C)(C)c1ccc(-c2cc(C(F)(F)F)n3ncc(C(=O)N4CCC[C@H]4C(=O)O)c3n2)cc1. The average Bonchev–Trinajstić information content (AvgIpc) is 3.38. The minimum atomic E-state index is -4.75. The first-order valence-corrected chi connectivity index (χ1v) is 10.5. The van der Waals surface area contributed by atoms with E-state index in [9.17, 15) is 27.9 Å². The number of fused-ring (bicyclic) bond motifs is 1. The molecule has 0 radical (unpaired) electrons. The predicted molar refractivity (Wildman–Crippen MR) is 114 cm³/mol. The van der Waals surface area contributed by atoms with Crippen molar-refractivity contribution in [2.45, 2.75) is 51.2 Å². The smallest absolute Gasteiger partial charge is 0.433 e. The average molecular weight is 460 g/mol. The first-order valence-electron chi connectivity index (χ1n) is 10.5. The summed E-state index contributed by atoms with van der Waals surface area (Å²) < 4.78 is 42.1. The van der Waals surface area contributed by atoms with E-state index in [1.54, 1.807) is 12.1 Å². The fourth-order valence-corrected chi connectivity index (χ4v) is 4.03. The van der Waals surface area contributed by atoms with Gasteiger partial charge in [-0.15, -0.1) is 0 Å². The molecule has 0 saturated carbocycles. The van der Waals surface area contributed by atoms with Crippen LogP contribution in [0.2, 0.25) is 0 Å². The van der Waals surface area contributed by atoms with Crippen molar-refractivity contribution in [1.29, 1.82) is 0 Å². The molecule has 1 saturated heterocycles. The normalized spacial score (nSPS) is 17.0. The number of nitrogens with zero attached hydrogens (tertiary/aromatic N) is 4. The summed E-state index contributed by atoms with van der Waals surface area (Å²) in [6.07, 6.45) is -2.95. The summed E-state index contributed by atoms with van der Waals surface area (Å²) in [6.45, 7) is 6.29. The molecule has 2 aromatic heterocycles. The maximum Gasteiger partial charge on any atom is 0.433 e. The molecule has 1 aliphatic heterocycles. The summed E-state index contributed by atoms with van der Waals surface area (Å²) in [5.74, 6) is -1.85. The van der Waals surface area contributed by atoms with Gasteiger partial charge in [0.1, 0.15) is 11.6 Å². The summed E-state index contributed by atoms with van der Waals surface area (Å²) in [5, 5.41) is 13.2. The molecule has 0 unspecified atom stereocenters. The molecule has 0 bridgehead atoms. The Morgan fingerprint density at radius 3 is 2.36 bits per heavy atom. The van der Waals surface area contributed by atoms with E-state index in [0.29, 0.717) is 16.5 Å². The highest BCUT2D eigenvalue weighted by Gasteiger charge is 2.38. The van der Waals surface area contributed by atoms with Gasteiger partial charge in [-0.2, -0.15) is 18.3 Å². The Morgan fingerprint density at radius 1 is 1.12 bits per heavy atom. The Hall–Kier alpha value is -3.43. The van der Waals surface area contributed by atoms with Crippen LogP contribution < -0.4 is 0 Å². The predicted octanol–water partition coefficient (Wildman–Crippen LogP) is 4.40. The second kappa shape index (κ2) is 7.86. The molecule has 1 aromatic carbocycles. The van der Waals surface area contributed by atoms with Gasteiger partial charge in [0, 0.05) is 12.1 Å². The number of benzene rings is 1. The quantitative estimate of drug-likeness (QED) is 0.626. The maximum absolute atomic E-state index is 13.9. The van der Waals surface area contributed by atoms with Gasteiger partial charge in [-0.3, -0.25) is 4.79 Å². The van der Waals surface area contributed by atoms with Gasteiger partial charge in [0.15, 0.2) is 11.3 Å². The topological polar surface area (TPSA) is 87.8 Å². The Balaban J connectivity index is 1.85. The van der Waals surface area contributed by atoms with Crippen LogP contribution in [0.3, 0.4) is 0 Å². The van der Waals surface area contributed by atoms with Gasteiger partial charge in [0.25, 0.3) is 5.91 Å². The zero-order valence-corrected chi connectivity index (χ0v) is 18.3. The van der Waals surface area contributed by atoms with Crippen molar-refractivity contribution >= 4 is 17.5 Å². The number of amides is 1. The molecule has 4 rings (SSSR count). The highest BCUT2D eigenvalue weighted by atomic mass is 19.4. The molecule has 0 spiro atoms. The zero-order valence-electron chi connectivity index (χ0n) is 18.3. The molecule has 174 valence electrons. The monoisotopic (exact) mass is 460 g/mol. The fraction of sp³-hybridized carbons (Fsp3) is 0.391. The van der Waals surface area contributed by atoms with Crippen molar-refractivity contribution in [2.75, 3.05) is 6.54 Å². The highest BCUT2D eigenvalue weighted by Crippen LogP contribution is 2.34. The second-order valence-electron chi connectivity index (χ2n) is 9.14. The lowest BCUT2D eigenvalue weighted by molar-refractivity contribution is -0.143. The molecule has 1 fully saturated rings. The number of aromatic nitrogens is 3. The lowest BCUT2D eigenvalue weighted by Crippen LogP contribution is -2.40. The number of carbonyl (C=O) groups excluding carboxylic acids is 1. The lowest BCUT2D eigenvalue weighted by Gasteiger charge is -2.21. The maximum atomic E-state index is 13.9. The van der Waals surface area contributed by atoms with E-state index in [1.165, 1.54) is 0 Å². The third kappa shape index (κ3) is 4.17. The molecule has 10 heteroatoms. The molecule has 1 aliphatic rings. The molecule has 0 aliphatic carbocycles. The van der Waals surface area contributed by atoms with E-state index in [4.69, 9.17) is 0 Å². The van der Waals surface area contributed by atoms with Crippen molar-refractivity contribution in [3.8, 4) is 11.3 Å². The highest BCUT2D eigenvalue weighted by molar-refractivity contribution is 6.01. The number of carboxylic acids is 1. The van der Waals surface area contributed by atoms with Crippen LogP contribution >= 0.6 is 0 Å². The largest absolute Gasteiger partial charge is 0.480 e. The van der Waals surface area contributed by atoms with Crippen molar-refractivity contribution in [3.63, 3.8) is 0 Å². The van der Waals surface area contributed by atoms with Gasteiger partial charge < -0.3 is 10.0 Å². The standard InChI is InChI=1S/C23H23F3N4O3/c1-22(2,3)14-8-6-13(7-9-14)16-11-18(23(24,25)26)30-19(28-16)15(12-27-30)20(31)29-10-4-5-17(29)21(32)33/h6-9,11-12,17H,4-5,10H2,1-3H3,(H,32,33)/t17-/m0/s1. The third-order valence-electron chi connectivity index (χ3n) is 5.84. The van der Waals surface area contributed by atoms with Crippen LogP contribution in [0, 0.1) is 0 Å². The summed E-state index contributed by atoms with van der Waals surface area (Å²) in [5.41, 5.74) is -0.118. The van der Waals surface area contributed by atoms with E-state index in [0.717, 1.165) is 22.7 Å². The number of alkyl halides is 3. The van der Waals surface area contributed by atoms with E-state index in [1.807, 2.05) is 32.9 Å². The third-order valence-corrected chi connectivity index (χ3v) is 5.84. The second-order valence-corrected chi connectivity index (χ2v) is 9.14. The molecule has 33 heavy (non-hydrogen) atoms. The summed E-state index contributed by atoms with van der Waals surface area (Å²) in [4.78, 5) is 30.1. The van der Waals surface area contributed by atoms with Crippen LogP contribution in [0.1, 0.15) is 55.2 Å². The van der Waals surface area contributed by atoms with Crippen LogP contribution in [-0.2, 0) is 16.4 Å². The van der Waals surface area contributed by atoms with Crippen LogP contribution in [-0.4, -0.2) is 49.1 Å². The summed E-state index contributed by atoms with van der Waals surface area (Å²) >= 11 is 0. The van der Waals surface area contributed by atoms with Gasteiger partial charge >= 0.3 is 12.1 Å². The van der Waals surface area contributed by atoms with E-state index in [-0.39, 0.29) is 35.3 Å². The molecule has 1 N–H and O–H groups in total. The van der Waals surface area contributed by atoms with Crippen LogP contribution in [0.4, 0.5) is 13.2 Å². The number of rotatable bonds is 3. The molecule has 1 atom stereocenters. The van der Waals surface area contributed by atoms with Gasteiger partial charge in [-0.05, 0) is 29.9 Å². The zero-order chi connectivity index (χ0) is 24.1. The number of likely N-dealkylation sites (tertiary alicyclic amines) is 1. The van der Waals surface area contributed by atoms with Gasteiger partial charge in [0.2, 0.25) is 0 Å². The van der Waals surface area contributed by atoms with Gasteiger partial charge in [0.05, 0.1) is 11.9 Å².